The molecule has 1 aromatic carbocycles. The maximum Gasteiger partial charge on any atom is 0.409 e. The van der Waals surface area contributed by atoms with E-state index in [1.807, 2.05) is 0 Å². The Morgan fingerprint density at radius 3 is 3.00 bits per heavy atom. The summed E-state index contributed by atoms with van der Waals surface area (Å²) in [6.45, 7) is 1.17. The Kier molecular flexibility index (Phi) is 3.58. The first kappa shape index (κ1) is 11.9. The van der Waals surface area contributed by atoms with Crippen LogP contribution >= 0.6 is 0 Å². The maximum absolute atomic E-state index is 13.6. The summed E-state index contributed by atoms with van der Waals surface area (Å²) in [5.41, 5.74) is 0.473. The molecule has 4 nitrogen and oxygen atoms in total. The van der Waals surface area contributed by atoms with Crippen LogP contribution in [0.2, 0.25) is 0 Å². The van der Waals surface area contributed by atoms with Gasteiger partial charge >= 0.3 is 6.09 Å². The number of rotatable bonds is 1. The van der Waals surface area contributed by atoms with Gasteiger partial charge in [-0.15, -0.1) is 0 Å². The first-order valence-corrected chi connectivity index (χ1v) is 5.41. The largest absolute Gasteiger partial charge is 0.453 e. The SMILES string of the molecule is COC(=O)N1CCO[C@H](c2ccccc2F)C1. The van der Waals surface area contributed by atoms with Gasteiger partial charge in [-0.1, -0.05) is 18.2 Å². The van der Waals surface area contributed by atoms with Crippen LogP contribution in [0.3, 0.4) is 0 Å². The van der Waals surface area contributed by atoms with Gasteiger partial charge in [0, 0.05) is 12.1 Å². The second-order valence-corrected chi connectivity index (χ2v) is 3.80. The van der Waals surface area contributed by atoms with Gasteiger partial charge in [-0.2, -0.15) is 0 Å². The number of ether oxygens (including phenoxy) is 2. The van der Waals surface area contributed by atoms with Crippen LogP contribution in [-0.2, 0) is 9.47 Å². The number of carbonyl (C=O) groups is 1. The third-order valence-corrected chi connectivity index (χ3v) is 2.75. The predicted octanol–water partition coefficient (Wildman–Crippen LogP) is 1.97. The Bertz CT molecular complexity index is 410. The van der Waals surface area contributed by atoms with Crippen LogP contribution in [0.15, 0.2) is 24.3 Å². The first-order chi connectivity index (χ1) is 8.22. The van der Waals surface area contributed by atoms with Gasteiger partial charge in [-0.25, -0.2) is 9.18 Å². The minimum Gasteiger partial charge on any atom is -0.453 e. The van der Waals surface area contributed by atoms with Gasteiger partial charge in [0.15, 0.2) is 0 Å². The highest BCUT2D eigenvalue weighted by Gasteiger charge is 2.27. The zero-order chi connectivity index (χ0) is 12.3. The van der Waals surface area contributed by atoms with Gasteiger partial charge in [0.25, 0.3) is 0 Å². The average Bonchev–Trinajstić information content (AvgIpc) is 2.38. The van der Waals surface area contributed by atoms with Crippen molar-refractivity contribution < 1.29 is 18.7 Å². The van der Waals surface area contributed by atoms with E-state index >= 15 is 0 Å². The summed E-state index contributed by atoms with van der Waals surface area (Å²) in [7, 11) is 1.33. The van der Waals surface area contributed by atoms with E-state index in [0.29, 0.717) is 25.3 Å². The lowest BCUT2D eigenvalue weighted by Crippen LogP contribution is -2.42. The van der Waals surface area contributed by atoms with Crippen molar-refractivity contribution in [2.45, 2.75) is 6.10 Å². The van der Waals surface area contributed by atoms with Gasteiger partial charge in [0.05, 0.1) is 20.3 Å². The van der Waals surface area contributed by atoms with E-state index in [-0.39, 0.29) is 5.82 Å². The van der Waals surface area contributed by atoms with Crippen molar-refractivity contribution in [1.82, 2.24) is 4.90 Å². The fourth-order valence-electron chi connectivity index (χ4n) is 1.87. The van der Waals surface area contributed by atoms with Gasteiger partial charge in [0.2, 0.25) is 0 Å². The molecule has 0 spiro atoms. The van der Waals surface area contributed by atoms with Crippen LogP contribution < -0.4 is 0 Å². The molecular formula is C12H14FNO3. The molecule has 0 bridgehead atoms. The number of morpholine rings is 1. The number of hydrogen-bond donors (Lipinski definition) is 0. The fraction of sp³-hybridized carbons (Fsp3) is 0.417. The molecule has 1 aliphatic heterocycles. The zero-order valence-electron chi connectivity index (χ0n) is 9.56. The van der Waals surface area contributed by atoms with Crippen LogP contribution in [0, 0.1) is 5.82 Å². The van der Waals surface area contributed by atoms with Gasteiger partial charge in [-0.3, -0.25) is 0 Å². The minimum absolute atomic E-state index is 0.313. The second kappa shape index (κ2) is 5.14. The highest BCUT2D eigenvalue weighted by Crippen LogP contribution is 2.24. The van der Waals surface area contributed by atoms with Gasteiger partial charge in [-0.05, 0) is 6.07 Å². The fourth-order valence-corrected chi connectivity index (χ4v) is 1.87. The van der Waals surface area contributed by atoms with Crippen molar-refractivity contribution in [3.63, 3.8) is 0 Å². The van der Waals surface area contributed by atoms with Crippen LogP contribution in [0.4, 0.5) is 9.18 Å². The summed E-state index contributed by atoms with van der Waals surface area (Å²) >= 11 is 0. The molecule has 1 heterocycles. The Morgan fingerprint density at radius 2 is 2.29 bits per heavy atom. The summed E-state index contributed by atoms with van der Waals surface area (Å²) in [5, 5.41) is 0. The van der Waals surface area contributed by atoms with E-state index in [0.717, 1.165) is 0 Å². The minimum atomic E-state index is -0.427. The topological polar surface area (TPSA) is 38.8 Å². The molecule has 2 rings (SSSR count). The summed E-state index contributed by atoms with van der Waals surface area (Å²) in [6.07, 6.45) is -0.835. The number of methoxy groups -OCH3 is 1. The number of benzene rings is 1. The number of amides is 1. The van der Waals surface area contributed by atoms with Gasteiger partial charge in [0.1, 0.15) is 11.9 Å². The van der Waals surface area contributed by atoms with Crippen LogP contribution in [0.5, 0.6) is 0 Å². The first-order valence-electron chi connectivity index (χ1n) is 5.41. The quantitative estimate of drug-likeness (QED) is 0.752. The third-order valence-electron chi connectivity index (χ3n) is 2.75. The van der Waals surface area contributed by atoms with Crippen LogP contribution in [-0.4, -0.2) is 37.8 Å². The van der Waals surface area contributed by atoms with Crippen molar-refractivity contribution in [3.05, 3.63) is 35.6 Å². The molecule has 0 saturated carbocycles. The van der Waals surface area contributed by atoms with E-state index in [2.05, 4.69) is 4.74 Å². The molecule has 0 aromatic heterocycles. The van der Waals surface area contributed by atoms with Crippen LogP contribution in [0.25, 0.3) is 0 Å². The van der Waals surface area contributed by atoms with Crippen LogP contribution in [0.1, 0.15) is 11.7 Å². The lowest BCUT2D eigenvalue weighted by molar-refractivity contribution is -0.0273. The van der Waals surface area contributed by atoms with Crippen molar-refractivity contribution in [2.75, 3.05) is 26.8 Å². The smallest absolute Gasteiger partial charge is 0.409 e. The predicted molar refractivity (Wildman–Crippen MR) is 59.1 cm³/mol. The summed E-state index contributed by atoms with van der Waals surface area (Å²) in [5.74, 6) is -0.316. The molecule has 92 valence electrons. The zero-order valence-corrected chi connectivity index (χ0v) is 9.56. The van der Waals surface area contributed by atoms with Gasteiger partial charge < -0.3 is 14.4 Å². The molecule has 17 heavy (non-hydrogen) atoms. The van der Waals surface area contributed by atoms with E-state index in [1.165, 1.54) is 18.1 Å². The number of nitrogens with zero attached hydrogens (tertiary/aromatic N) is 1. The summed E-state index contributed by atoms with van der Waals surface area (Å²) in [6, 6.07) is 6.43. The maximum atomic E-state index is 13.6. The lowest BCUT2D eigenvalue weighted by Gasteiger charge is -2.32. The molecule has 5 heteroatoms. The average molecular weight is 239 g/mol. The van der Waals surface area contributed by atoms with Crippen molar-refractivity contribution in [1.29, 1.82) is 0 Å². The van der Waals surface area contributed by atoms with Crippen molar-refractivity contribution in [2.24, 2.45) is 0 Å². The molecule has 0 unspecified atom stereocenters. The van der Waals surface area contributed by atoms with E-state index < -0.39 is 12.2 Å². The molecule has 0 radical (unpaired) electrons. The molecule has 1 fully saturated rings. The summed E-state index contributed by atoms with van der Waals surface area (Å²) in [4.78, 5) is 12.9. The molecule has 1 saturated heterocycles. The number of halogens is 1. The lowest BCUT2D eigenvalue weighted by atomic mass is 10.1. The number of carbonyl (C=O) groups excluding carboxylic acids is 1. The highest BCUT2D eigenvalue weighted by atomic mass is 19.1. The molecule has 1 aromatic rings. The molecule has 1 amide bonds. The Balaban J connectivity index is 2.12. The number of hydrogen-bond acceptors (Lipinski definition) is 3. The standard InChI is InChI=1S/C12H14FNO3/c1-16-12(15)14-6-7-17-11(8-14)9-4-2-3-5-10(9)13/h2-5,11H,6-8H2,1H3/t11-/m0/s1. The van der Waals surface area contributed by atoms with Crippen molar-refractivity contribution >= 4 is 6.09 Å². The van der Waals surface area contributed by atoms with E-state index in [1.54, 1.807) is 18.2 Å². The molecule has 1 aliphatic rings. The van der Waals surface area contributed by atoms with E-state index in [4.69, 9.17) is 4.74 Å². The third kappa shape index (κ3) is 2.55. The second-order valence-electron chi connectivity index (χ2n) is 3.80. The Labute approximate surface area is 98.9 Å². The highest BCUT2D eigenvalue weighted by molar-refractivity contribution is 5.67. The monoisotopic (exact) mass is 239 g/mol. The van der Waals surface area contributed by atoms with E-state index in [9.17, 15) is 9.18 Å². The molecule has 0 N–H and O–H groups in total. The Morgan fingerprint density at radius 1 is 1.53 bits per heavy atom. The molecule has 0 aliphatic carbocycles. The normalized spacial score (nSPS) is 20.1. The Hall–Kier alpha value is -1.62. The molecule has 1 atom stereocenters. The van der Waals surface area contributed by atoms with Crippen molar-refractivity contribution in [3.8, 4) is 0 Å². The molecular weight excluding hydrogens is 225 g/mol. The summed E-state index contributed by atoms with van der Waals surface area (Å²) < 4.78 is 23.7.